The average Bonchev–Trinajstić information content (AvgIpc) is 2.56. The highest BCUT2D eigenvalue weighted by atomic mass is 32.2. The van der Waals surface area contributed by atoms with Gasteiger partial charge in [-0.1, -0.05) is 0 Å². The fourth-order valence-corrected chi connectivity index (χ4v) is 2.80. The van der Waals surface area contributed by atoms with E-state index in [0.717, 1.165) is 16.7 Å². The van der Waals surface area contributed by atoms with Crippen molar-refractivity contribution in [1.29, 1.82) is 0 Å². The third-order valence-electron chi connectivity index (χ3n) is 2.77. The van der Waals surface area contributed by atoms with Gasteiger partial charge >= 0.3 is 0 Å². The zero-order chi connectivity index (χ0) is 13.3. The maximum absolute atomic E-state index is 11.1. The third-order valence-corrected chi connectivity index (χ3v) is 4.12. The summed E-state index contributed by atoms with van der Waals surface area (Å²) in [5, 5.41) is 0. The summed E-state index contributed by atoms with van der Waals surface area (Å²) in [5.41, 5.74) is 2.78. The maximum atomic E-state index is 11.1. The lowest BCUT2D eigenvalue weighted by Gasteiger charge is -2.03. The summed E-state index contributed by atoms with van der Waals surface area (Å²) in [6.45, 7) is 2.54. The van der Waals surface area contributed by atoms with E-state index in [0.29, 0.717) is 17.7 Å². The lowest BCUT2D eigenvalue weighted by atomic mass is 10.3. The van der Waals surface area contributed by atoms with Gasteiger partial charge in [-0.2, -0.15) is 0 Å². The summed E-state index contributed by atoms with van der Waals surface area (Å²) >= 11 is 5.24. The molecule has 0 fully saturated rings. The Labute approximate surface area is 111 Å². The molecule has 0 saturated heterocycles. The first-order valence-electron chi connectivity index (χ1n) is 5.60. The maximum Gasteiger partial charge on any atom is 0.179 e. The van der Waals surface area contributed by atoms with Crippen molar-refractivity contribution in [2.45, 2.75) is 19.9 Å². The highest BCUT2D eigenvalue weighted by Gasteiger charge is 2.08. The van der Waals surface area contributed by atoms with E-state index in [2.05, 4.69) is 9.97 Å². The highest BCUT2D eigenvalue weighted by molar-refractivity contribution is 7.90. The first-order valence-corrected chi connectivity index (χ1v) is 8.07. The van der Waals surface area contributed by atoms with E-state index in [1.807, 2.05) is 17.6 Å². The lowest BCUT2D eigenvalue weighted by Crippen LogP contribution is -2.07. The Morgan fingerprint density at radius 1 is 1.50 bits per heavy atom. The minimum atomic E-state index is -2.93. The molecule has 0 saturated carbocycles. The first kappa shape index (κ1) is 13.2. The number of nitrogens with zero attached hydrogens (tertiary/aromatic N) is 2. The number of rotatable bonds is 4. The number of imidazole rings is 1. The van der Waals surface area contributed by atoms with Gasteiger partial charge in [0.25, 0.3) is 0 Å². The number of pyridine rings is 1. The molecule has 0 unspecified atom stereocenters. The van der Waals surface area contributed by atoms with E-state index < -0.39 is 9.84 Å². The third kappa shape index (κ3) is 2.78. The number of hydrogen-bond donors (Lipinski definition) is 1. The highest BCUT2D eigenvalue weighted by Crippen LogP contribution is 2.15. The Morgan fingerprint density at radius 3 is 2.89 bits per heavy atom. The first-order chi connectivity index (χ1) is 8.38. The van der Waals surface area contributed by atoms with Crippen LogP contribution < -0.4 is 0 Å². The molecule has 0 bridgehead atoms. The average molecular weight is 285 g/mol. The molecule has 2 aromatic heterocycles. The number of nitrogens with one attached hydrogen (secondary N) is 1. The second-order valence-electron chi connectivity index (χ2n) is 4.39. The predicted molar refractivity (Wildman–Crippen MR) is 74.0 cm³/mol. The smallest absolute Gasteiger partial charge is 0.179 e. The quantitative estimate of drug-likeness (QED) is 0.870. The van der Waals surface area contributed by atoms with Crippen molar-refractivity contribution in [3.05, 3.63) is 22.6 Å². The van der Waals surface area contributed by atoms with Gasteiger partial charge < -0.3 is 9.55 Å². The van der Waals surface area contributed by atoms with Crippen molar-refractivity contribution in [2.75, 3.05) is 12.0 Å². The zero-order valence-corrected chi connectivity index (χ0v) is 11.9. The van der Waals surface area contributed by atoms with Crippen molar-refractivity contribution < 1.29 is 8.42 Å². The largest absolute Gasteiger partial charge is 0.329 e. The molecule has 2 rings (SSSR count). The fourth-order valence-electron chi connectivity index (χ4n) is 1.87. The van der Waals surface area contributed by atoms with Gasteiger partial charge in [-0.25, -0.2) is 13.4 Å². The second kappa shape index (κ2) is 4.81. The van der Waals surface area contributed by atoms with E-state index >= 15 is 0 Å². The van der Waals surface area contributed by atoms with E-state index in [1.54, 1.807) is 6.20 Å². The van der Waals surface area contributed by atoms with Crippen LogP contribution in [0.15, 0.2) is 12.3 Å². The second-order valence-corrected chi connectivity index (χ2v) is 7.04. The van der Waals surface area contributed by atoms with Gasteiger partial charge in [-0.3, -0.25) is 0 Å². The standard InChI is InChI=1S/C11H15N3O2S2/c1-8-4-5-12-10-9(8)13-11(17)14(10)6-3-7-18(2,15)16/h4-5H,3,6-7H2,1-2H3,(H,13,17). The molecule has 0 aliphatic rings. The summed E-state index contributed by atoms with van der Waals surface area (Å²) in [6.07, 6.45) is 3.51. The molecule has 18 heavy (non-hydrogen) atoms. The number of aromatic nitrogens is 3. The van der Waals surface area contributed by atoms with Gasteiger partial charge in [0.05, 0.1) is 11.3 Å². The van der Waals surface area contributed by atoms with Crippen molar-refractivity contribution in [2.24, 2.45) is 0 Å². The van der Waals surface area contributed by atoms with E-state index in [-0.39, 0.29) is 5.75 Å². The minimum Gasteiger partial charge on any atom is -0.329 e. The van der Waals surface area contributed by atoms with Crippen LogP contribution >= 0.6 is 12.2 Å². The van der Waals surface area contributed by atoms with E-state index in [9.17, 15) is 8.42 Å². The fraction of sp³-hybridized carbons (Fsp3) is 0.455. The Kier molecular flexibility index (Phi) is 3.54. The van der Waals surface area contributed by atoms with Crippen molar-refractivity contribution in [1.82, 2.24) is 14.5 Å². The van der Waals surface area contributed by atoms with Gasteiger partial charge in [0.1, 0.15) is 9.84 Å². The number of fused-ring (bicyclic) bond motifs is 1. The summed E-state index contributed by atoms with van der Waals surface area (Å²) in [6, 6.07) is 1.91. The summed E-state index contributed by atoms with van der Waals surface area (Å²) in [5.74, 6) is 0.160. The molecule has 2 aromatic rings. The molecule has 0 aliphatic heterocycles. The minimum absolute atomic E-state index is 0.160. The number of aromatic amines is 1. The molecule has 1 N–H and O–H groups in total. The Hall–Kier alpha value is -1.21. The predicted octanol–water partition coefficient (Wildman–Crippen LogP) is 1.84. The van der Waals surface area contributed by atoms with Crippen molar-refractivity contribution >= 4 is 33.2 Å². The molecule has 0 amide bonds. The normalized spacial score (nSPS) is 12.1. The van der Waals surface area contributed by atoms with E-state index in [1.165, 1.54) is 6.26 Å². The van der Waals surface area contributed by atoms with Crippen LogP contribution in [0.1, 0.15) is 12.0 Å². The Balaban J connectivity index is 2.31. The lowest BCUT2D eigenvalue weighted by molar-refractivity contribution is 0.592. The van der Waals surface area contributed by atoms with Crippen LogP contribution in [0.3, 0.4) is 0 Å². The van der Waals surface area contributed by atoms with Crippen LogP contribution in [0.4, 0.5) is 0 Å². The summed E-state index contributed by atoms with van der Waals surface area (Å²) in [7, 11) is -2.93. The van der Waals surface area contributed by atoms with Gasteiger partial charge in [0.15, 0.2) is 10.4 Å². The molecule has 0 radical (unpaired) electrons. The molecular weight excluding hydrogens is 270 g/mol. The molecule has 98 valence electrons. The summed E-state index contributed by atoms with van der Waals surface area (Å²) < 4.78 is 24.6. The topological polar surface area (TPSA) is 67.8 Å². The van der Waals surface area contributed by atoms with Crippen LogP contribution in [0.25, 0.3) is 11.2 Å². The van der Waals surface area contributed by atoms with E-state index in [4.69, 9.17) is 12.2 Å². The molecular formula is C11H15N3O2S2. The monoisotopic (exact) mass is 285 g/mol. The Morgan fingerprint density at radius 2 is 2.22 bits per heavy atom. The van der Waals surface area contributed by atoms with Crippen LogP contribution in [0.5, 0.6) is 0 Å². The molecule has 0 aromatic carbocycles. The number of sulfone groups is 1. The van der Waals surface area contributed by atoms with Crippen LogP contribution in [-0.4, -0.2) is 35.0 Å². The van der Waals surface area contributed by atoms with Crippen molar-refractivity contribution in [3.63, 3.8) is 0 Å². The number of H-pyrrole nitrogens is 1. The van der Waals surface area contributed by atoms with Crippen LogP contribution in [0, 0.1) is 11.7 Å². The molecule has 0 spiro atoms. The zero-order valence-electron chi connectivity index (χ0n) is 10.3. The van der Waals surface area contributed by atoms with Gasteiger partial charge in [0, 0.05) is 19.0 Å². The molecule has 7 heteroatoms. The number of aryl methyl sites for hydroxylation is 2. The SMILES string of the molecule is Cc1ccnc2c1[nH]c(=S)n2CCCS(C)(=O)=O. The molecule has 5 nitrogen and oxygen atoms in total. The molecule has 0 atom stereocenters. The summed E-state index contributed by atoms with van der Waals surface area (Å²) in [4.78, 5) is 7.40. The molecule has 0 aliphatic carbocycles. The van der Waals surface area contributed by atoms with Crippen LogP contribution in [-0.2, 0) is 16.4 Å². The number of hydrogen-bond acceptors (Lipinski definition) is 4. The van der Waals surface area contributed by atoms with Gasteiger partial charge in [-0.15, -0.1) is 0 Å². The van der Waals surface area contributed by atoms with Gasteiger partial charge in [-0.05, 0) is 37.2 Å². The van der Waals surface area contributed by atoms with Crippen molar-refractivity contribution in [3.8, 4) is 0 Å². The molecule has 2 heterocycles. The van der Waals surface area contributed by atoms with Gasteiger partial charge in [0.2, 0.25) is 0 Å². The van der Waals surface area contributed by atoms with Crippen LogP contribution in [0.2, 0.25) is 0 Å². The Bertz CT molecular complexity index is 728.